The molecule has 0 saturated carbocycles. The average molecular weight is 393 g/mol. The monoisotopic (exact) mass is 392 g/mol. The van der Waals surface area contributed by atoms with E-state index in [1.165, 1.54) is 0 Å². The minimum absolute atomic E-state index is 0.0626. The molecule has 136 valence electrons. The van der Waals surface area contributed by atoms with Gasteiger partial charge < -0.3 is 18.4 Å². The Labute approximate surface area is 155 Å². The van der Waals surface area contributed by atoms with Crippen LogP contribution in [0.5, 0.6) is 0 Å². The van der Waals surface area contributed by atoms with E-state index in [9.17, 15) is 5.11 Å². The van der Waals surface area contributed by atoms with Gasteiger partial charge in [-0.1, -0.05) is 43.1 Å². The van der Waals surface area contributed by atoms with Crippen molar-refractivity contribution in [2.45, 2.75) is 33.2 Å². The second-order valence-corrected chi connectivity index (χ2v) is 10.2. The maximum absolute atomic E-state index is 9.22. The molecule has 0 aromatic heterocycles. The number of aliphatic hydroxyl groups excluding tert-OH is 1. The van der Waals surface area contributed by atoms with E-state index in [1.54, 1.807) is 0 Å². The fraction of sp³-hybridized carbons (Fsp3) is 0.647. The van der Waals surface area contributed by atoms with Crippen LogP contribution < -0.4 is 0 Å². The first kappa shape index (κ1) is 20.2. The van der Waals surface area contributed by atoms with Crippen LogP contribution in [0.15, 0.2) is 12.1 Å². The standard InChI is InChI=1S/C17H26Cl2O4Si/c1-12(8-20)9-21-24(22-10-13(2)11-23-24)7-6-15-4-5-16(18)17(19)14(15)3/h4-5,12-13,20H,6-11H2,1-3H3. The first-order valence-electron chi connectivity index (χ1n) is 8.33. The summed E-state index contributed by atoms with van der Waals surface area (Å²) < 4.78 is 18.1. The lowest BCUT2D eigenvalue weighted by atomic mass is 10.1. The fourth-order valence-electron chi connectivity index (χ4n) is 2.50. The van der Waals surface area contributed by atoms with Gasteiger partial charge >= 0.3 is 8.80 Å². The van der Waals surface area contributed by atoms with Gasteiger partial charge in [-0.15, -0.1) is 0 Å². The summed E-state index contributed by atoms with van der Waals surface area (Å²) in [5, 5.41) is 10.4. The van der Waals surface area contributed by atoms with Crippen LogP contribution >= 0.6 is 23.2 Å². The summed E-state index contributed by atoms with van der Waals surface area (Å²) in [7, 11) is -2.73. The average Bonchev–Trinajstić information content (AvgIpc) is 2.59. The van der Waals surface area contributed by atoms with Gasteiger partial charge in [0, 0.05) is 44.3 Å². The first-order valence-corrected chi connectivity index (χ1v) is 11.0. The van der Waals surface area contributed by atoms with E-state index in [4.69, 9.17) is 36.5 Å². The van der Waals surface area contributed by atoms with E-state index in [0.29, 0.717) is 41.8 Å². The number of halogens is 2. The van der Waals surface area contributed by atoms with Crippen molar-refractivity contribution in [3.05, 3.63) is 33.3 Å². The Morgan fingerprint density at radius 2 is 2.00 bits per heavy atom. The van der Waals surface area contributed by atoms with Crippen LogP contribution in [-0.2, 0) is 19.7 Å². The molecule has 0 spiro atoms. The molecule has 1 aliphatic rings. The van der Waals surface area contributed by atoms with Crippen molar-refractivity contribution < 1.29 is 18.4 Å². The van der Waals surface area contributed by atoms with Crippen LogP contribution in [0.2, 0.25) is 16.1 Å². The summed E-state index contributed by atoms with van der Waals surface area (Å²) in [5.74, 6) is 0.434. The third-order valence-electron chi connectivity index (χ3n) is 4.23. The molecule has 1 aromatic carbocycles. The lowest BCUT2D eigenvalue weighted by molar-refractivity contribution is -0.0130. The molecule has 2 rings (SSSR count). The minimum atomic E-state index is -2.73. The van der Waals surface area contributed by atoms with Crippen molar-refractivity contribution in [2.75, 3.05) is 26.4 Å². The Morgan fingerprint density at radius 3 is 2.62 bits per heavy atom. The topological polar surface area (TPSA) is 47.9 Å². The summed E-state index contributed by atoms with van der Waals surface area (Å²) in [4.78, 5) is 0. The molecule has 1 atom stereocenters. The normalized spacial score (nSPS) is 25.7. The lowest BCUT2D eigenvalue weighted by Crippen LogP contribution is -2.52. The first-order chi connectivity index (χ1) is 11.4. The van der Waals surface area contributed by atoms with E-state index in [1.807, 2.05) is 26.0 Å². The third-order valence-corrected chi connectivity index (χ3v) is 7.81. The molecule has 1 saturated heterocycles. The molecule has 1 fully saturated rings. The highest BCUT2D eigenvalue weighted by atomic mass is 35.5. The molecule has 0 bridgehead atoms. The number of benzene rings is 1. The van der Waals surface area contributed by atoms with E-state index >= 15 is 0 Å². The van der Waals surface area contributed by atoms with Gasteiger partial charge in [-0.05, 0) is 30.5 Å². The summed E-state index contributed by atoms with van der Waals surface area (Å²) >= 11 is 12.3. The third kappa shape index (κ3) is 5.18. The molecule has 0 aliphatic carbocycles. The molecule has 0 amide bonds. The van der Waals surface area contributed by atoms with Gasteiger partial charge in [-0.2, -0.15) is 0 Å². The summed E-state index contributed by atoms with van der Waals surface area (Å²) in [6.07, 6.45) is 0.761. The molecule has 24 heavy (non-hydrogen) atoms. The smallest absolute Gasteiger partial charge is 0.396 e. The molecule has 4 nitrogen and oxygen atoms in total. The van der Waals surface area contributed by atoms with E-state index in [0.717, 1.165) is 17.5 Å². The number of rotatable bonds is 7. The van der Waals surface area contributed by atoms with Crippen molar-refractivity contribution in [1.82, 2.24) is 0 Å². The lowest BCUT2D eigenvalue weighted by Gasteiger charge is -2.36. The Bertz CT molecular complexity index is 548. The second kappa shape index (κ2) is 8.99. The van der Waals surface area contributed by atoms with Crippen LogP contribution in [0.3, 0.4) is 0 Å². The highest BCUT2D eigenvalue weighted by molar-refractivity contribution is 6.60. The molecule has 7 heteroatoms. The molecule has 1 aliphatic heterocycles. The Morgan fingerprint density at radius 1 is 1.33 bits per heavy atom. The molecular formula is C17H26Cl2O4Si. The molecule has 1 heterocycles. The number of aryl methyl sites for hydroxylation is 1. The predicted octanol–water partition coefficient (Wildman–Crippen LogP) is 4.11. The number of hydrogen-bond donors (Lipinski definition) is 1. The molecule has 0 radical (unpaired) electrons. The van der Waals surface area contributed by atoms with Crippen molar-refractivity contribution >= 4 is 32.0 Å². The predicted molar refractivity (Wildman–Crippen MR) is 98.7 cm³/mol. The van der Waals surface area contributed by atoms with Gasteiger partial charge in [0.1, 0.15) is 0 Å². The fourth-order valence-corrected chi connectivity index (χ4v) is 5.76. The Hall–Kier alpha value is -0.143. The zero-order valence-corrected chi connectivity index (χ0v) is 17.0. The van der Waals surface area contributed by atoms with Gasteiger partial charge in [0.2, 0.25) is 0 Å². The van der Waals surface area contributed by atoms with E-state index in [-0.39, 0.29) is 12.5 Å². The summed E-state index contributed by atoms with van der Waals surface area (Å²) in [6, 6.07) is 4.50. The van der Waals surface area contributed by atoms with Crippen LogP contribution in [0.25, 0.3) is 0 Å². The van der Waals surface area contributed by atoms with Gasteiger partial charge in [0.15, 0.2) is 0 Å². The maximum Gasteiger partial charge on any atom is 0.501 e. The number of aliphatic hydroxyl groups is 1. The van der Waals surface area contributed by atoms with Crippen LogP contribution in [-0.4, -0.2) is 40.3 Å². The zero-order valence-electron chi connectivity index (χ0n) is 14.5. The van der Waals surface area contributed by atoms with Gasteiger partial charge in [0.25, 0.3) is 0 Å². The van der Waals surface area contributed by atoms with Crippen LogP contribution in [0.1, 0.15) is 25.0 Å². The summed E-state index contributed by atoms with van der Waals surface area (Å²) in [5.41, 5.74) is 2.11. The molecule has 1 N–H and O–H groups in total. The second-order valence-electron chi connectivity index (χ2n) is 6.65. The molecule has 1 unspecified atom stereocenters. The van der Waals surface area contributed by atoms with Crippen LogP contribution in [0, 0.1) is 18.8 Å². The SMILES string of the molecule is Cc1c(CC[Si]2(OCC(C)CO)OCC(C)CO2)ccc(Cl)c1Cl. The Balaban J connectivity index is 2.07. The Kier molecular flexibility index (Phi) is 7.55. The van der Waals surface area contributed by atoms with Crippen molar-refractivity contribution in [2.24, 2.45) is 11.8 Å². The zero-order chi connectivity index (χ0) is 17.7. The summed E-state index contributed by atoms with van der Waals surface area (Å²) in [6.45, 7) is 7.84. The van der Waals surface area contributed by atoms with E-state index in [2.05, 4.69) is 6.92 Å². The van der Waals surface area contributed by atoms with Crippen LogP contribution in [0.4, 0.5) is 0 Å². The molecule has 1 aromatic rings. The van der Waals surface area contributed by atoms with E-state index < -0.39 is 8.80 Å². The van der Waals surface area contributed by atoms with Crippen molar-refractivity contribution in [3.63, 3.8) is 0 Å². The quantitative estimate of drug-likeness (QED) is 0.709. The van der Waals surface area contributed by atoms with Crippen molar-refractivity contribution in [1.29, 1.82) is 0 Å². The van der Waals surface area contributed by atoms with Gasteiger partial charge in [0.05, 0.1) is 10.0 Å². The number of hydrogen-bond acceptors (Lipinski definition) is 4. The highest BCUT2D eigenvalue weighted by Crippen LogP contribution is 2.31. The highest BCUT2D eigenvalue weighted by Gasteiger charge is 2.44. The van der Waals surface area contributed by atoms with Crippen molar-refractivity contribution in [3.8, 4) is 0 Å². The van der Waals surface area contributed by atoms with Gasteiger partial charge in [-0.25, -0.2) is 0 Å². The largest absolute Gasteiger partial charge is 0.501 e. The molecular weight excluding hydrogens is 367 g/mol. The minimum Gasteiger partial charge on any atom is -0.396 e. The maximum atomic E-state index is 9.22. The van der Waals surface area contributed by atoms with Gasteiger partial charge in [-0.3, -0.25) is 0 Å².